The fourth-order valence-electron chi connectivity index (χ4n) is 2.74. The van der Waals surface area contributed by atoms with E-state index in [9.17, 15) is 9.59 Å². The van der Waals surface area contributed by atoms with Crippen LogP contribution in [0.1, 0.15) is 18.4 Å². The molecule has 1 aromatic carbocycles. The van der Waals surface area contributed by atoms with Crippen LogP contribution in [0.3, 0.4) is 0 Å². The first-order valence-corrected chi connectivity index (χ1v) is 7.71. The molecule has 1 aromatic rings. The van der Waals surface area contributed by atoms with Gasteiger partial charge in [0.15, 0.2) is 0 Å². The summed E-state index contributed by atoms with van der Waals surface area (Å²) in [7, 11) is 0. The van der Waals surface area contributed by atoms with Crippen molar-refractivity contribution in [1.29, 1.82) is 0 Å². The molecule has 0 bridgehead atoms. The van der Waals surface area contributed by atoms with Gasteiger partial charge in [0.25, 0.3) is 0 Å². The van der Waals surface area contributed by atoms with Gasteiger partial charge in [-0.2, -0.15) is 0 Å². The molecule has 2 aliphatic carbocycles. The molecule has 0 amide bonds. The molecule has 1 atom stereocenters. The van der Waals surface area contributed by atoms with E-state index >= 15 is 0 Å². The summed E-state index contributed by atoms with van der Waals surface area (Å²) < 4.78 is 5.08. The normalized spacial score (nSPS) is 18.7. The molecular formula is C20H18O3. The molecule has 3 nitrogen and oxygen atoms in total. The number of allylic oxidation sites excluding steroid dienone is 8. The molecule has 0 N–H and O–H groups in total. The zero-order valence-corrected chi connectivity index (χ0v) is 12.8. The van der Waals surface area contributed by atoms with E-state index in [4.69, 9.17) is 4.74 Å². The number of fused-ring (bicyclic) bond motifs is 1. The molecule has 1 unspecified atom stereocenters. The number of ether oxygens (including phenoxy) is 1. The largest absolute Gasteiger partial charge is 0.455 e. The summed E-state index contributed by atoms with van der Waals surface area (Å²) in [6.07, 6.45) is 13.1. The van der Waals surface area contributed by atoms with Crippen LogP contribution in [0.4, 0.5) is 0 Å². The molecule has 3 rings (SSSR count). The van der Waals surface area contributed by atoms with Crippen molar-refractivity contribution in [3.63, 3.8) is 0 Å². The quantitative estimate of drug-likeness (QED) is 0.615. The highest BCUT2D eigenvalue weighted by molar-refractivity contribution is 6.34. The molecule has 0 spiro atoms. The van der Waals surface area contributed by atoms with Crippen LogP contribution in [0.2, 0.25) is 0 Å². The Bertz CT molecular complexity index is 721. The number of ketones is 1. The van der Waals surface area contributed by atoms with Crippen molar-refractivity contribution in [3.8, 4) is 0 Å². The third kappa shape index (κ3) is 3.95. The minimum absolute atomic E-state index is 0.130. The summed E-state index contributed by atoms with van der Waals surface area (Å²) in [5.41, 5.74) is 3.09. The molecule has 0 fully saturated rings. The molecule has 23 heavy (non-hydrogen) atoms. The van der Waals surface area contributed by atoms with Crippen molar-refractivity contribution >= 4 is 11.8 Å². The lowest BCUT2D eigenvalue weighted by molar-refractivity contribution is -0.154. The average Bonchev–Trinajstić information content (AvgIpc) is 2.60. The van der Waals surface area contributed by atoms with Crippen LogP contribution in [0.5, 0.6) is 0 Å². The summed E-state index contributed by atoms with van der Waals surface area (Å²) in [5, 5.41) is 0. The number of carbonyl (C=O) groups excluding carboxylic acids is 2. The topological polar surface area (TPSA) is 43.4 Å². The van der Waals surface area contributed by atoms with Gasteiger partial charge in [0.2, 0.25) is 5.78 Å². The number of esters is 1. The summed E-state index contributed by atoms with van der Waals surface area (Å²) >= 11 is 0. The molecule has 0 radical (unpaired) electrons. The third-order valence-corrected chi connectivity index (χ3v) is 3.99. The SMILES string of the molecule is O=C(CC1=CC=C2C=CC=CC2C1)C(=O)OCc1ccccc1. The molecule has 116 valence electrons. The first-order valence-electron chi connectivity index (χ1n) is 7.71. The van der Waals surface area contributed by atoms with Gasteiger partial charge in [0.05, 0.1) is 0 Å². The number of hydrogen-bond donors (Lipinski definition) is 0. The van der Waals surface area contributed by atoms with E-state index in [-0.39, 0.29) is 13.0 Å². The van der Waals surface area contributed by atoms with E-state index in [1.54, 1.807) is 0 Å². The molecule has 0 saturated carbocycles. The fourth-order valence-corrected chi connectivity index (χ4v) is 2.74. The lowest BCUT2D eigenvalue weighted by Crippen LogP contribution is -2.19. The zero-order chi connectivity index (χ0) is 16.1. The van der Waals surface area contributed by atoms with Gasteiger partial charge in [-0.3, -0.25) is 4.79 Å². The van der Waals surface area contributed by atoms with Crippen molar-refractivity contribution in [3.05, 3.63) is 83.5 Å². The van der Waals surface area contributed by atoms with E-state index < -0.39 is 11.8 Å². The number of benzene rings is 1. The van der Waals surface area contributed by atoms with Crippen molar-refractivity contribution in [1.82, 2.24) is 0 Å². The minimum atomic E-state index is -0.761. The van der Waals surface area contributed by atoms with Crippen LogP contribution < -0.4 is 0 Å². The van der Waals surface area contributed by atoms with Gasteiger partial charge < -0.3 is 4.74 Å². The number of Topliss-reactive ketones (excluding diaryl/α,β-unsaturated/α-hetero) is 1. The van der Waals surface area contributed by atoms with Crippen LogP contribution >= 0.6 is 0 Å². The number of rotatable bonds is 5. The summed E-state index contributed by atoms with van der Waals surface area (Å²) in [5.74, 6) is -0.934. The summed E-state index contributed by atoms with van der Waals surface area (Å²) in [6.45, 7) is 0.130. The molecule has 0 saturated heterocycles. The fraction of sp³-hybridized carbons (Fsp3) is 0.200. The highest BCUT2D eigenvalue weighted by atomic mass is 16.5. The maximum absolute atomic E-state index is 12.0. The second-order valence-corrected chi connectivity index (χ2v) is 5.71. The monoisotopic (exact) mass is 306 g/mol. The molecule has 3 heteroatoms. The lowest BCUT2D eigenvalue weighted by Gasteiger charge is -2.21. The standard InChI is InChI=1S/C20H18O3/c21-19(20(22)23-14-15-6-2-1-3-7-15)13-16-10-11-17-8-4-5-9-18(17)12-16/h1-11,18H,12-14H2. The highest BCUT2D eigenvalue weighted by Crippen LogP contribution is 2.31. The Morgan fingerprint density at radius 1 is 1.09 bits per heavy atom. The van der Waals surface area contributed by atoms with E-state index in [0.717, 1.165) is 17.6 Å². The van der Waals surface area contributed by atoms with Crippen LogP contribution in [-0.2, 0) is 20.9 Å². The molecule has 0 heterocycles. The Labute approximate surface area is 135 Å². The first kappa shape index (κ1) is 15.2. The first-order chi connectivity index (χ1) is 11.2. The maximum atomic E-state index is 12.0. The van der Waals surface area contributed by atoms with Gasteiger partial charge in [0, 0.05) is 12.3 Å². The van der Waals surface area contributed by atoms with Crippen LogP contribution in [0.25, 0.3) is 0 Å². The number of carbonyl (C=O) groups is 2. The van der Waals surface area contributed by atoms with Crippen LogP contribution in [-0.4, -0.2) is 11.8 Å². The summed E-state index contributed by atoms with van der Waals surface area (Å²) in [6, 6.07) is 9.35. The molecular weight excluding hydrogens is 288 g/mol. The van der Waals surface area contributed by atoms with Gasteiger partial charge in [0.1, 0.15) is 6.61 Å². The predicted octanol–water partition coefficient (Wildman–Crippen LogP) is 3.69. The Hall–Kier alpha value is -2.68. The van der Waals surface area contributed by atoms with E-state index in [1.807, 2.05) is 54.6 Å². The number of hydrogen-bond acceptors (Lipinski definition) is 3. The lowest BCUT2D eigenvalue weighted by atomic mass is 9.83. The Morgan fingerprint density at radius 3 is 2.74 bits per heavy atom. The van der Waals surface area contributed by atoms with Gasteiger partial charge in [-0.15, -0.1) is 0 Å². The van der Waals surface area contributed by atoms with Gasteiger partial charge in [-0.25, -0.2) is 4.79 Å². The van der Waals surface area contributed by atoms with Gasteiger partial charge in [-0.1, -0.05) is 72.4 Å². The zero-order valence-electron chi connectivity index (χ0n) is 12.8. The smallest absolute Gasteiger partial charge is 0.375 e. The van der Waals surface area contributed by atoms with E-state index in [0.29, 0.717) is 5.92 Å². The van der Waals surface area contributed by atoms with Gasteiger partial charge >= 0.3 is 5.97 Å². The van der Waals surface area contributed by atoms with Crippen molar-refractivity contribution < 1.29 is 14.3 Å². The maximum Gasteiger partial charge on any atom is 0.375 e. The van der Waals surface area contributed by atoms with Crippen molar-refractivity contribution in [2.24, 2.45) is 5.92 Å². The van der Waals surface area contributed by atoms with E-state index in [1.165, 1.54) is 5.57 Å². The molecule has 0 aromatic heterocycles. The van der Waals surface area contributed by atoms with Crippen LogP contribution in [0, 0.1) is 5.92 Å². The highest BCUT2D eigenvalue weighted by Gasteiger charge is 2.22. The Kier molecular flexibility index (Phi) is 4.67. The third-order valence-electron chi connectivity index (χ3n) is 3.99. The predicted molar refractivity (Wildman–Crippen MR) is 88.4 cm³/mol. The minimum Gasteiger partial charge on any atom is -0.455 e. The Balaban J connectivity index is 1.54. The van der Waals surface area contributed by atoms with Gasteiger partial charge in [-0.05, 0) is 17.6 Å². The average molecular weight is 306 g/mol. The van der Waals surface area contributed by atoms with E-state index in [2.05, 4.69) is 12.2 Å². The second-order valence-electron chi connectivity index (χ2n) is 5.71. The molecule has 2 aliphatic rings. The van der Waals surface area contributed by atoms with Crippen molar-refractivity contribution in [2.45, 2.75) is 19.4 Å². The Morgan fingerprint density at radius 2 is 1.91 bits per heavy atom. The molecule has 0 aliphatic heterocycles. The second kappa shape index (κ2) is 7.05. The van der Waals surface area contributed by atoms with Crippen LogP contribution in [0.15, 0.2) is 77.9 Å². The summed E-state index contributed by atoms with van der Waals surface area (Å²) in [4.78, 5) is 23.9. The van der Waals surface area contributed by atoms with Crippen molar-refractivity contribution in [2.75, 3.05) is 0 Å².